The summed E-state index contributed by atoms with van der Waals surface area (Å²) in [4.78, 5) is 22.3. The van der Waals surface area contributed by atoms with Crippen molar-refractivity contribution in [2.24, 2.45) is 0 Å². The van der Waals surface area contributed by atoms with Gasteiger partial charge < -0.3 is 20.3 Å². The van der Waals surface area contributed by atoms with Gasteiger partial charge in [0.15, 0.2) is 6.10 Å². The molecule has 6 heteroatoms. The maximum Gasteiger partial charge on any atom is 0.332 e. The third-order valence-corrected chi connectivity index (χ3v) is 2.42. The van der Waals surface area contributed by atoms with Gasteiger partial charge in [-0.15, -0.1) is 0 Å². The Morgan fingerprint density at radius 1 is 1.37 bits per heavy atom. The number of benzene rings is 1. The summed E-state index contributed by atoms with van der Waals surface area (Å²) in [6.07, 6.45) is -1.51. The van der Waals surface area contributed by atoms with Crippen molar-refractivity contribution >= 4 is 11.9 Å². The standard InChI is InChI=1S/C13H17NO5/c1-2-19-11-6-4-3-5-9(11)12(16)14-8-7-10(15)13(17)18/h3-6,10,15H,2,7-8H2,1H3,(H,14,16)(H,17,18). The van der Waals surface area contributed by atoms with E-state index in [0.29, 0.717) is 17.9 Å². The molecule has 3 N–H and O–H groups in total. The van der Waals surface area contributed by atoms with Gasteiger partial charge in [0.2, 0.25) is 0 Å². The number of carbonyl (C=O) groups is 2. The molecule has 0 aliphatic heterocycles. The van der Waals surface area contributed by atoms with Gasteiger partial charge in [-0.1, -0.05) is 12.1 Å². The summed E-state index contributed by atoms with van der Waals surface area (Å²) in [6.45, 7) is 2.34. The highest BCUT2D eigenvalue weighted by atomic mass is 16.5. The lowest BCUT2D eigenvalue weighted by Gasteiger charge is -2.11. The van der Waals surface area contributed by atoms with Crippen LogP contribution in [-0.2, 0) is 4.79 Å². The average Bonchev–Trinajstić information content (AvgIpc) is 2.39. The molecule has 0 heterocycles. The Labute approximate surface area is 111 Å². The first-order valence-electron chi connectivity index (χ1n) is 5.97. The third-order valence-electron chi connectivity index (χ3n) is 2.42. The van der Waals surface area contributed by atoms with Crippen molar-refractivity contribution in [2.75, 3.05) is 13.2 Å². The second-order valence-electron chi connectivity index (χ2n) is 3.83. The highest BCUT2D eigenvalue weighted by Gasteiger charge is 2.15. The van der Waals surface area contributed by atoms with E-state index in [2.05, 4.69) is 5.32 Å². The van der Waals surface area contributed by atoms with Gasteiger partial charge in [-0.2, -0.15) is 0 Å². The third kappa shape index (κ3) is 4.59. The quantitative estimate of drug-likeness (QED) is 0.674. The summed E-state index contributed by atoms with van der Waals surface area (Å²) < 4.78 is 5.32. The predicted octanol–water partition coefficient (Wildman–Crippen LogP) is 0.651. The van der Waals surface area contributed by atoms with Crippen LogP contribution in [-0.4, -0.2) is 41.3 Å². The summed E-state index contributed by atoms with van der Waals surface area (Å²) in [5.41, 5.74) is 0.383. The topological polar surface area (TPSA) is 95.9 Å². The number of carboxylic acid groups (broad SMARTS) is 1. The maximum atomic E-state index is 11.9. The first-order valence-corrected chi connectivity index (χ1v) is 5.97. The van der Waals surface area contributed by atoms with Crippen molar-refractivity contribution in [3.63, 3.8) is 0 Å². The van der Waals surface area contributed by atoms with Crippen LogP contribution in [0.4, 0.5) is 0 Å². The molecule has 1 rings (SSSR count). The van der Waals surface area contributed by atoms with E-state index in [1.54, 1.807) is 24.3 Å². The minimum absolute atomic E-state index is 0.0438. The van der Waals surface area contributed by atoms with Crippen molar-refractivity contribution in [2.45, 2.75) is 19.4 Å². The van der Waals surface area contributed by atoms with Crippen LogP contribution in [0.5, 0.6) is 5.75 Å². The lowest BCUT2D eigenvalue weighted by molar-refractivity contribution is -0.146. The Hall–Kier alpha value is -2.08. The molecule has 0 saturated heterocycles. The van der Waals surface area contributed by atoms with Crippen LogP contribution >= 0.6 is 0 Å². The first-order chi connectivity index (χ1) is 9.06. The SMILES string of the molecule is CCOc1ccccc1C(=O)NCCC(O)C(=O)O. The summed E-state index contributed by atoms with van der Waals surface area (Å²) in [6, 6.07) is 6.78. The lowest BCUT2D eigenvalue weighted by Crippen LogP contribution is -2.30. The number of aliphatic carboxylic acids is 1. The van der Waals surface area contributed by atoms with Crippen LogP contribution < -0.4 is 10.1 Å². The van der Waals surface area contributed by atoms with E-state index in [1.807, 2.05) is 6.92 Å². The number of carboxylic acids is 1. The summed E-state index contributed by atoms with van der Waals surface area (Å²) >= 11 is 0. The van der Waals surface area contributed by atoms with Crippen molar-refractivity contribution in [3.8, 4) is 5.75 Å². The van der Waals surface area contributed by atoms with Crippen LogP contribution in [0, 0.1) is 0 Å². The Morgan fingerprint density at radius 2 is 2.05 bits per heavy atom. The first kappa shape index (κ1) is 15.0. The van der Waals surface area contributed by atoms with Crippen LogP contribution in [0.25, 0.3) is 0 Å². The van der Waals surface area contributed by atoms with Gasteiger partial charge in [0.25, 0.3) is 5.91 Å². The summed E-state index contributed by atoms with van der Waals surface area (Å²) in [7, 11) is 0. The number of amides is 1. The van der Waals surface area contributed by atoms with Crippen molar-refractivity contribution < 1.29 is 24.5 Å². The van der Waals surface area contributed by atoms with Gasteiger partial charge in [0, 0.05) is 13.0 Å². The van der Waals surface area contributed by atoms with Crippen molar-refractivity contribution in [1.82, 2.24) is 5.32 Å². The molecule has 1 unspecified atom stereocenters. The summed E-state index contributed by atoms with van der Waals surface area (Å²) in [5, 5.41) is 20.1. The van der Waals surface area contributed by atoms with E-state index >= 15 is 0 Å². The fourth-order valence-corrected chi connectivity index (χ4v) is 1.48. The van der Waals surface area contributed by atoms with E-state index in [0.717, 1.165) is 0 Å². The fraction of sp³-hybridized carbons (Fsp3) is 0.385. The van der Waals surface area contributed by atoms with Crippen LogP contribution in [0.15, 0.2) is 24.3 Å². The smallest absolute Gasteiger partial charge is 0.332 e. The monoisotopic (exact) mass is 267 g/mol. The molecule has 1 atom stereocenters. The molecule has 0 aromatic heterocycles. The molecule has 0 saturated carbocycles. The number of para-hydroxylation sites is 1. The number of aliphatic hydroxyl groups is 1. The molecule has 1 aromatic carbocycles. The van der Waals surface area contributed by atoms with E-state index < -0.39 is 12.1 Å². The largest absolute Gasteiger partial charge is 0.493 e. The van der Waals surface area contributed by atoms with Crippen LogP contribution in [0.3, 0.4) is 0 Å². The van der Waals surface area contributed by atoms with Gasteiger partial charge >= 0.3 is 5.97 Å². The Bertz CT molecular complexity index is 446. The average molecular weight is 267 g/mol. The highest BCUT2D eigenvalue weighted by Crippen LogP contribution is 2.17. The van der Waals surface area contributed by atoms with Gasteiger partial charge in [0.1, 0.15) is 5.75 Å². The van der Waals surface area contributed by atoms with Gasteiger partial charge in [-0.3, -0.25) is 4.79 Å². The molecule has 6 nitrogen and oxygen atoms in total. The molecule has 0 bridgehead atoms. The second-order valence-corrected chi connectivity index (χ2v) is 3.83. The number of hydrogen-bond donors (Lipinski definition) is 3. The Balaban J connectivity index is 2.56. The van der Waals surface area contributed by atoms with Crippen LogP contribution in [0.2, 0.25) is 0 Å². The molecular formula is C13H17NO5. The zero-order valence-corrected chi connectivity index (χ0v) is 10.6. The Morgan fingerprint density at radius 3 is 2.68 bits per heavy atom. The van der Waals surface area contributed by atoms with Crippen molar-refractivity contribution in [1.29, 1.82) is 0 Å². The van der Waals surface area contributed by atoms with Gasteiger partial charge in [0.05, 0.1) is 12.2 Å². The predicted molar refractivity (Wildman–Crippen MR) is 68.2 cm³/mol. The molecule has 0 fully saturated rings. The minimum atomic E-state index is -1.47. The molecule has 104 valence electrons. The number of nitrogens with one attached hydrogen (secondary N) is 1. The Kier molecular flexibility index (Phi) is 5.81. The zero-order valence-electron chi connectivity index (χ0n) is 10.6. The summed E-state index contributed by atoms with van der Waals surface area (Å²) in [5.74, 6) is -1.19. The molecule has 0 radical (unpaired) electrons. The second kappa shape index (κ2) is 7.38. The zero-order chi connectivity index (χ0) is 14.3. The fourth-order valence-electron chi connectivity index (χ4n) is 1.48. The molecule has 1 aromatic rings. The normalized spacial score (nSPS) is 11.7. The number of aliphatic hydroxyl groups excluding tert-OH is 1. The van der Waals surface area contributed by atoms with Crippen LogP contribution in [0.1, 0.15) is 23.7 Å². The van der Waals surface area contributed by atoms with Gasteiger partial charge in [-0.25, -0.2) is 4.79 Å². The van der Waals surface area contributed by atoms with E-state index in [-0.39, 0.29) is 18.9 Å². The van der Waals surface area contributed by atoms with E-state index in [1.165, 1.54) is 0 Å². The van der Waals surface area contributed by atoms with E-state index in [4.69, 9.17) is 14.9 Å². The molecule has 0 aliphatic rings. The number of rotatable bonds is 7. The number of carbonyl (C=O) groups excluding carboxylic acids is 1. The molecule has 19 heavy (non-hydrogen) atoms. The lowest BCUT2D eigenvalue weighted by atomic mass is 10.2. The minimum Gasteiger partial charge on any atom is -0.493 e. The van der Waals surface area contributed by atoms with Gasteiger partial charge in [-0.05, 0) is 19.1 Å². The molecule has 0 aliphatic carbocycles. The van der Waals surface area contributed by atoms with E-state index in [9.17, 15) is 9.59 Å². The molecule has 1 amide bonds. The number of ether oxygens (including phenoxy) is 1. The maximum absolute atomic E-state index is 11.9. The molecule has 0 spiro atoms. The molecular weight excluding hydrogens is 250 g/mol. The highest BCUT2D eigenvalue weighted by molar-refractivity contribution is 5.96. The number of hydrogen-bond acceptors (Lipinski definition) is 4. The van der Waals surface area contributed by atoms with Crippen molar-refractivity contribution in [3.05, 3.63) is 29.8 Å².